The van der Waals surface area contributed by atoms with E-state index in [0.717, 1.165) is 12.2 Å². The molecule has 1 N–H and O–H groups in total. The normalized spacial score (nSPS) is 28.2. The van der Waals surface area contributed by atoms with Crippen LogP contribution in [-0.4, -0.2) is 69.4 Å². The molecule has 1 aromatic carbocycles. The Kier molecular flexibility index (Phi) is 5.51. The van der Waals surface area contributed by atoms with E-state index in [1.54, 1.807) is 0 Å². The van der Waals surface area contributed by atoms with E-state index in [4.69, 9.17) is 0 Å². The summed E-state index contributed by atoms with van der Waals surface area (Å²) in [6.45, 7) is 4.79. The van der Waals surface area contributed by atoms with E-state index in [1.165, 1.54) is 5.56 Å². The van der Waals surface area contributed by atoms with E-state index >= 15 is 0 Å². The highest BCUT2D eigenvalue weighted by Gasteiger charge is 2.46. The molecule has 1 aromatic heterocycles. The number of aliphatic hydroxyl groups excluding tert-OH is 1. The largest absolute Gasteiger partial charge is 0.393 e. The smallest absolute Gasteiger partial charge is 0.224 e. The zero-order valence-electron chi connectivity index (χ0n) is 16.7. The first-order chi connectivity index (χ1) is 13.5. The SMILES string of the molecule is Cc1ccn(CCC(=O)N2CC[C@@H](O)[C@@H]3[C@@H](C2)N(C)C[C@H]3c2ccccc2)n1. The van der Waals surface area contributed by atoms with E-state index in [0.29, 0.717) is 38.4 Å². The molecule has 2 aromatic rings. The molecule has 6 heteroatoms. The molecule has 0 radical (unpaired) electrons. The van der Waals surface area contributed by atoms with Gasteiger partial charge in [-0.2, -0.15) is 5.10 Å². The number of hydrogen-bond donors (Lipinski definition) is 1. The van der Waals surface area contributed by atoms with Gasteiger partial charge in [-0.05, 0) is 32.0 Å². The van der Waals surface area contributed by atoms with Crippen LogP contribution in [0.3, 0.4) is 0 Å². The molecular weight excluding hydrogens is 352 g/mol. The second kappa shape index (κ2) is 8.05. The Labute approximate surface area is 166 Å². The lowest BCUT2D eigenvalue weighted by molar-refractivity contribution is -0.132. The van der Waals surface area contributed by atoms with Gasteiger partial charge in [0.1, 0.15) is 0 Å². The van der Waals surface area contributed by atoms with Gasteiger partial charge in [0.15, 0.2) is 0 Å². The molecule has 150 valence electrons. The lowest BCUT2D eigenvalue weighted by atomic mass is 9.81. The molecule has 2 aliphatic rings. The van der Waals surface area contributed by atoms with Crippen LogP contribution in [0.2, 0.25) is 0 Å². The Balaban J connectivity index is 1.45. The Morgan fingerprint density at radius 1 is 1.21 bits per heavy atom. The summed E-state index contributed by atoms with van der Waals surface area (Å²) < 4.78 is 1.83. The predicted octanol–water partition coefficient (Wildman–Crippen LogP) is 1.89. The average Bonchev–Trinajstić information content (AvgIpc) is 3.21. The molecular formula is C22H30N4O2. The highest BCUT2D eigenvalue weighted by Crippen LogP contribution is 2.41. The van der Waals surface area contributed by atoms with Crippen LogP contribution in [0.25, 0.3) is 0 Å². The van der Waals surface area contributed by atoms with Crippen molar-refractivity contribution in [2.45, 2.75) is 44.4 Å². The Bertz CT molecular complexity index is 806. The van der Waals surface area contributed by atoms with Crippen molar-refractivity contribution in [3.05, 3.63) is 53.9 Å². The van der Waals surface area contributed by atoms with Gasteiger partial charge in [0.2, 0.25) is 5.91 Å². The fourth-order valence-electron chi connectivity index (χ4n) is 4.92. The van der Waals surface area contributed by atoms with Crippen LogP contribution in [0.5, 0.6) is 0 Å². The van der Waals surface area contributed by atoms with Crippen molar-refractivity contribution in [2.75, 3.05) is 26.7 Å². The second-order valence-corrected chi connectivity index (χ2v) is 8.27. The molecule has 0 saturated carbocycles. The van der Waals surface area contributed by atoms with Crippen molar-refractivity contribution in [3.63, 3.8) is 0 Å². The maximum absolute atomic E-state index is 12.9. The van der Waals surface area contributed by atoms with Crippen LogP contribution in [0.4, 0.5) is 0 Å². The van der Waals surface area contributed by atoms with Crippen LogP contribution in [0.15, 0.2) is 42.6 Å². The standard InChI is InChI=1S/C22H30N4O2/c1-16-8-12-26(23-16)13-10-21(28)25-11-9-20(27)22-18(14-24(2)19(22)15-25)17-6-4-3-5-7-17/h3-8,12,18-20,22,27H,9-11,13-15H2,1-2H3/t18-,19+,20+,22-/m0/s1. The minimum absolute atomic E-state index is 0.151. The minimum Gasteiger partial charge on any atom is -0.393 e. The van der Waals surface area contributed by atoms with Crippen molar-refractivity contribution in [1.29, 1.82) is 0 Å². The van der Waals surface area contributed by atoms with Crippen LogP contribution in [0, 0.1) is 12.8 Å². The van der Waals surface area contributed by atoms with Crippen molar-refractivity contribution in [3.8, 4) is 0 Å². The molecule has 2 aliphatic heterocycles. The number of nitrogens with zero attached hydrogens (tertiary/aromatic N) is 4. The summed E-state index contributed by atoms with van der Waals surface area (Å²) in [6.07, 6.45) is 2.62. The molecule has 0 aliphatic carbocycles. The molecule has 0 spiro atoms. The van der Waals surface area contributed by atoms with Crippen LogP contribution in [-0.2, 0) is 11.3 Å². The summed E-state index contributed by atoms with van der Waals surface area (Å²) >= 11 is 0. The second-order valence-electron chi connectivity index (χ2n) is 8.27. The van der Waals surface area contributed by atoms with E-state index in [-0.39, 0.29) is 24.0 Å². The number of fused-ring (bicyclic) bond motifs is 1. The molecule has 3 heterocycles. The first kappa shape index (κ1) is 19.2. The highest BCUT2D eigenvalue weighted by atomic mass is 16.3. The number of amides is 1. The van der Waals surface area contributed by atoms with Crippen LogP contribution >= 0.6 is 0 Å². The van der Waals surface area contributed by atoms with Crippen LogP contribution in [0.1, 0.15) is 30.0 Å². The van der Waals surface area contributed by atoms with E-state index in [2.05, 4.69) is 41.3 Å². The zero-order valence-corrected chi connectivity index (χ0v) is 16.7. The van der Waals surface area contributed by atoms with Gasteiger partial charge >= 0.3 is 0 Å². The third kappa shape index (κ3) is 3.84. The van der Waals surface area contributed by atoms with E-state index in [1.807, 2.05) is 34.8 Å². The molecule has 1 amide bonds. The summed E-state index contributed by atoms with van der Waals surface area (Å²) in [5.41, 5.74) is 2.25. The number of hydrogen-bond acceptors (Lipinski definition) is 4. The number of carbonyl (C=O) groups excluding carboxylic acids is 1. The molecule has 4 rings (SSSR count). The maximum atomic E-state index is 12.9. The third-order valence-electron chi connectivity index (χ3n) is 6.42. The fraction of sp³-hybridized carbons (Fsp3) is 0.545. The van der Waals surface area contributed by atoms with Gasteiger partial charge in [0, 0.05) is 56.7 Å². The summed E-state index contributed by atoms with van der Waals surface area (Å²) in [7, 11) is 2.12. The average molecular weight is 383 g/mol. The molecule has 4 atom stereocenters. The van der Waals surface area contributed by atoms with Crippen LogP contribution < -0.4 is 0 Å². The number of benzene rings is 1. The monoisotopic (exact) mass is 382 g/mol. The molecule has 2 saturated heterocycles. The third-order valence-corrected chi connectivity index (χ3v) is 6.42. The quantitative estimate of drug-likeness (QED) is 0.877. The van der Waals surface area contributed by atoms with Crippen molar-refractivity contribution < 1.29 is 9.90 Å². The summed E-state index contributed by atoms with van der Waals surface area (Å²) in [6, 6.07) is 12.6. The molecule has 28 heavy (non-hydrogen) atoms. The van der Waals surface area contributed by atoms with Crippen molar-refractivity contribution in [1.82, 2.24) is 19.6 Å². The minimum atomic E-state index is -0.383. The fourth-order valence-corrected chi connectivity index (χ4v) is 4.92. The van der Waals surface area contributed by atoms with Gasteiger partial charge in [-0.15, -0.1) is 0 Å². The van der Waals surface area contributed by atoms with Gasteiger partial charge in [-0.1, -0.05) is 30.3 Å². The van der Waals surface area contributed by atoms with Gasteiger partial charge < -0.3 is 14.9 Å². The number of aryl methyl sites for hydroxylation is 2. The molecule has 0 unspecified atom stereocenters. The summed E-state index contributed by atoms with van der Waals surface area (Å²) in [4.78, 5) is 17.1. The number of aromatic nitrogens is 2. The number of aliphatic hydroxyl groups is 1. The van der Waals surface area contributed by atoms with Gasteiger partial charge in [0.25, 0.3) is 0 Å². The number of likely N-dealkylation sites (N-methyl/N-ethyl adjacent to an activating group) is 1. The van der Waals surface area contributed by atoms with Crippen molar-refractivity contribution in [2.24, 2.45) is 5.92 Å². The molecule has 2 fully saturated rings. The van der Waals surface area contributed by atoms with Gasteiger partial charge in [-0.3, -0.25) is 9.48 Å². The zero-order chi connectivity index (χ0) is 19.7. The first-order valence-electron chi connectivity index (χ1n) is 10.2. The van der Waals surface area contributed by atoms with E-state index < -0.39 is 0 Å². The Morgan fingerprint density at radius 2 is 2.00 bits per heavy atom. The number of rotatable bonds is 4. The Hall–Kier alpha value is -2.18. The first-order valence-corrected chi connectivity index (χ1v) is 10.2. The lowest BCUT2D eigenvalue weighted by Gasteiger charge is -2.29. The highest BCUT2D eigenvalue weighted by molar-refractivity contribution is 5.76. The maximum Gasteiger partial charge on any atom is 0.224 e. The van der Waals surface area contributed by atoms with E-state index in [9.17, 15) is 9.90 Å². The number of carbonyl (C=O) groups is 1. The lowest BCUT2D eigenvalue weighted by Crippen LogP contribution is -2.43. The number of likely N-dealkylation sites (tertiary alicyclic amines) is 2. The summed E-state index contributed by atoms with van der Waals surface area (Å²) in [5.74, 6) is 0.629. The van der Waals surface area contributed by atoms with Gasteiger partial charge in [-0.25, -0.2) is 0 Å². The predicted molar refractivity (Wildman–Crippen MR) is 108 cm³/mol. The van der Waals surface area contributed by atoms with Crippen molar-refractivity contribution >= 4 is 5.91 Å². The Morgan fingerprint density at radius 3 is 2.71 bits per heavy atom. The topological polar surface area (TPSA) is 61.6 Å². The summed E-state index contributed by atoms with van der Waals surface area (Å²) in [5, 5.41) is 15.3. The molecule has 0 bridgehead atoms. The molecule has 6 nitrogen and oxygen atoms in total. The van der Waals surface area contributed by atoms with Gasteiger partial charge in [0.05, 0.1) is 11.8 Å².